The number of carbonyl (C=O) groups excluding carboxylic acids is 1. The van der Waals surface area contributed by atoms with Gasteiger partial charge >= 0.3 is 0 Å². The summed E-state index contributed by atoms with van der Waals surface area (Å²) in [4.78, 5) is 10.9. The van der Waals surface area contributed by atoms with Crippen molar-refractivity contribution >= 4 is 5.91 Å². The van der Waals surface area contributed by atoms with Crippen LogP contribution in [0.4, 0.5) is 4.39 Å². The fourth-order valence-corrected chi connectivity index (χ4v) is 1.70. The first kappa shape index (κ1) is 10.5. The third-order valence-corrected chi connectivity index (χ3v) is 2.78. The Bertz CT molecular complexity index is 191. The number of alkyl halides is 1. The molecule has 1 aliphatic carbocycles. The van der Waals surface area contributed by atoms with Gasteiger partial charge in [0.2, 0.25) is 0 Å². The van der Waals surface area contributed by atoms with Gasteiger partial charge in [-0.1, -0.05) is 19.8 Å². The van der Waals surface area contributed by atoms with Crippen molar-refractivity contribution in [1.82, 2.24) is 0 Å². The molecule has 0 aliphatic heterocycles. The summed E-state index contributed by atoms with van der Waals surface area (Å²) in [5.74, 6) is -0.840. The van der Waals surface area contributed by atoms with E-state index >= 15 is 0 Å². The number of halogens is 1. The quantitative estimate of drug-likeness (QED) is 0.636. The van der Waals surface area contributed by atoms with Gasteiger partial charge in [-0.25, -0.2) is 4.39 Å². The average molecular weight is 187 g/mol. The van der Waals surface area contributed by atoms with Crippen molar-refractivity contribution in [2.24, 2.45) is 11.7 Å². The molecule has 76 valence electrons. The van der Waals surface area contributed by atoms with Crippen molar-refractivity contribution in [3.63, 3.8) is 0 Å². The first-order chi connectivity index (χ1) is 6.11. The Morgan fingerprint density at radius 3 is 2.54 bits per heavy atom. The lowest BCUT2D eigenvalue weighted by Crippen LogP contribution is -2.41. The molecule has 0 radical (unpaired) electrons. The summed E-state index contributed by atoms with van der Waals surface area (Å²) < 4.78 is 13.9. The number of amides is 1. The van der Waals surface area contributed by atoms with Gasteiger partial charge in [0, 0.05) is 5.92 Å². The van der Waals surface area contributed by atoms with Crippen LogP contribution in [0.1, 0.15) is 45.4 Å². The minimum absolute atomic E-state index is 0.0816. The number of nitrogens with two attached hydrogens (primary N) is 1. The van der Waals surface area contributed by atoms with Crippen molar-refractivity contribution in [2.45, 2.75) is 51.1 Å². The van der Waals surface area contributed by atoms with Gasteiger partial charge in [-0.2, -0.15) is 0 Å². The molecule has 0 spiro atoms. The maximum Gasteiger partial charge on any atom is 0.255 e. The molecular formula is C10H18FNO. The minimum Gasteiger partial charge on any atom is -0.367 e. The standard InChI is InChI=1S/C10H18FNO/c1-2-3-4-7-10(11,9(12)13)8-5-6-8/h8H,2-7H2,1H3,(H2,12,13). The molecule has 0 heterocycles. The zero-order valence-corrected chi connectivity index (χ0v) is 8.18. The lowest BCUT2D eigenvalue weighted by atomic mass is 9.92. The van der Waals surface area contributed by atoms with Crippen LogP contribution in [0.25, 0.3) is 0 Å². The van der Waals surface area contributed by atoms with Crippen LogP contribution >= 0.6 is 0 Å². The van der Waals surface area contributed by atoms with Crippen LogP contribution in [0, 0.1) is 5.92 Å². The molecule has 1 aliphatic rings. The van der Waals surface area contributed by atoms with Crippen LogP contribution in [0.3, 0.4) is 0 Å². The Hall–Kier alpha value is -0.600. The van der Waals surface area contributed by atoms with Crippen molar-refractivity contribution in [1.29, 1.82) is 0 Å². The van der Waals surface area contributed by atoms with E-state index in [1.54, 1.807) is 0 Å². The van der Waals surface area contributed by atoms with E-state index in [-0.39, 0.29) is 5.92 Å². The monoisotopic (exact) mass is 187 g/mol. The molecule has 0 bridgehead atoms. The largest absolute Gasteiger partial charge is 0.367 e. The second-order valence-corrected chi connectivity index (χ2v) is 3.96. The van der Waals surface area contributed by atoms with Gasteiger partial charge in [0.05, 0.1) is 0 Å². The number of carbonyl (C=O) groups is 1. The number of hydrogen-bond donors (Lipinski definition) is 1. The molecule has 13 heavy (non-hydrogen) atoms. The van der Waals surface area contributed by atoms with Gasteiger partial charge in [-0.15, -0.1) is 0 Å². The SMILES string of the molecule is CCCCCC(F)(C(N)=O)C1CC1. The van der Waals surface area contributed by atoms with E-state index in [4.69, 9.17) is 5.73 Å². The van der Waals surface area contributed by atoms with Crippen LogP contribution in [0.5, 0.6) is 0 Å². The van der Waals surface area contributed by atoms with Crippen LogP contribution in [-0.4, -0.2) is 11.6 Å². The summed E-state index contributed by atoms with van der Waals surface area (Å²) in [5.41, 5.74) is 3.38. The van der Waals surface area contributed by atoms with Gasteiger partial charge in [-0.3, -0.25) is 4.79 Å². The summed E-state index contributed by atoms with van der Waals surface area (Å²) >= 11 is 0. The van der Waals surface area contributed by atoms with E-state index in [0.29, 0.717) is 6.42 Å². The predicted octanol–water partition coefficient (Wildman–Crippen LogP) is 2.17. The Morgan fingerprint density at radius 1 is 1.54 bits per heavy atom. The Balaban J connectivity index is 2.42. The molecule has 1 amide bonds. The third kappa shape index (κ3) is 2.42. The predicted molar refractivity (Wildman–Crippen MR) is 49.9 cm³/mol. The second kappa shape index (κ2) is 4.07. The number of rotatable bonds is 6. The third-order valence-electron chi connectivity index (χ3n) is 2.78. The topological polar surface area (TPSA) is 43.1 Å². The number of unbranched alkanes of at least 4 members (excludes halogenated alkanes) is 2. The fraction of sp³-hybridized carbons (Fsp3) is 0.900. The average Bonchev–Trinajstić information content (AvgIpc) is 2.86. The summed E-state index contributed by atoms with van der Waals surface area (Å²) in [6.45, 7) is 2.06. The molecular weight excluding hydrogens is 169 g/mol. The first-order valence-electron chi connectivity index (χ1n) is 5.10. The van der Waals surface area contributed by atoms with Gasteiger partial charge in [-0.05, 0) is 25.7 Å². The second-order valence-electron chi connectivity index (χ2n) is 3.96. The van der Waals surface area contributed by atoms with Crippen LogP contribution in [0.15, 0.2) is 0 Å². The highest BCUT2D eigenvalue weighted by Crippen LogP contribution is 2.44. The van der Waals surface area contributed by atoms with Crippen molar-refractivity contribution in [3.05, 3.63) is 0 Å². The fourth-order valence-electron chi connectivity index (χ4n) is 1.70. The van der Waals surface area contributed by atoms with Gasteiger partial charge in [0.25, 0.3) is 5.91 Å². The van der Waals surface area contributed by atoms with Gasteiger partial charge in [0.1, 0.15) is 0 Å². The lowest BCUT2D eigenvalue weighted by Gasteiger charge is -2.20. The summed E-state index contributed by atoms with van der Waals surface area (Å²) in [7, 11) is 0. The Labute approximate surface area is 78.7 Å². The maximum absolute atomic E-state index is 13.9. The molecule has 2 nitrogen and oxygen atoms in total. The Morgan fingerprint density at radius 2 is 2.15 bits per heavy atom. The number of primary amides is 1. The highest BCUT2D eigenvalue weighted by molar-refractivity contribution is 5.84. The molecule has 0 aromatic rings. The van der Waals surface area contributed by atoms with Crippen LogP contribution < -0.4 is 5.73 Å². The summed E-state index contributed by atoms with van der Waals surface area (Å²) in [5, 5.41) is 0. The van der Waals surface area contributed by atoms with Crippen LogP contribution in [0.2, 0.25) is 0 Å². The lowest BCUT2D eigenvalue weighted by molar-refractivity contribution is -0.131. The van der Waals surface area contributed by atoms with E-state index in [2.05, 4.69) is 6.92 Å². The zero-order chi connectivity index (χ0) is 9.90. The molecule has 1 saturated carbocycles. The molecule has 0 aromatic carbocycles. The minimum atomic E-state index is -1.70. The van der Waals surface area contributed by atoms with Gasteiger partial charge in [0.15, 0.2) is 5.67 Å². The molecule has 3 heteroatoms. The van der Waals surface area contributed by atoms with Crippen molar-refractivity contribution < 1.29 is 9.18 Å². The van der Waals surface area contributed by atoms with E-state index in [9.17, 15) is 9.18 Å². The summed E-state index contributed by atoms with van der Waals surface area (Å²) in [6.07, 6.45) is 4.76. The molecule has 1 atom stereocenters. The number of hydrogen-bond acceptors (Lipinski definition) is 1. The molecule has 0 saturated heterocycles. The normalized spacial score (nSPS) is 21.1. The first-order valence-corrected chi connectivity index (χ1v) is 5.10. The van der Waals surface area contributed by atoms with E-state index in [1.165, 1.54) is 0 Å². The van der Waals surface area contributed by atoms with E-state index < -0.39 is 11.6 Å². The Kier molecular flexibility index (Phi) is 3.28. The molecule has 1 unspecified atom stereocenters. The van der Waals surface area contributed by atoms with Crippen LogP contribution in [-0.2, 0) is 4.79 Å². The molecule has 1 fully saturated rings. The van der Waals surface area contributed by atoms with Gasteiger partial charge < -0.3 is 5.73 Å². The highest BCUT2D eigenvalue weighted by atomic mass is 19.1. The zero-order valence-electron chi connectivity index (χ0n) is 8.18. The summed E-state index contributed by atoms with van der Waals surface area (Å²) in [6, 6.07) is 0. The smallest absolute Gasteiger partial charge is 0.255 e. The van der Waals surface area contributed by atoms with E-state index in [0.717, 1.165) is 32.1 Å². The maximum atomic E-state index is 13.9. The van der Waals surface area contributed by atoms with Crippen molar-refractivity contribution in [2.75, 3.05) is 0 Å². The molecule has 2 N–H and O–H groups in total. The van der Waals surface area contributed by atoms with E-state index in [1.807, 2.05) is 0 Å². The molecule has 1 rings (SSSR count). The molecule has 0 aromatic heterocycles. The highest BCUT2D eigenvalue weighted by Gasteiger charge is 2.49. The van der Waals surface area contributed by atoms with Crippen molar-refractivity contribution in [3.8, 4) is 0 Å².